The summed E-state index contributed by atoms with van der Waals surface area (Å²) in [5.74, 6) is 0. The largest absolute Gasteiger partial charge is 0.677 e. The fourth-order valence-corrected chi connectivity index (χ4v) is 2.72. The molecule has 19 heavy (non-hydrogen) atoms. The second kappa shape index (κ2) is 4.80. The highest BCUT2D eigenvalue weighted by molar-refractivity contribution is 6.41. The van der Waals surface area contributed by atoms with Gasteiger partial charge < -0.3 is 4.48 Å². The zero-order chi connectivity index (χ0) is 14.3. The Hall–Kier alpha value is -1.65. The maximum atomic E-state index is 13.2. The Morgan fingerprint density at radius 1 is 1.21 bits per heavy atom. The number of aromatic nitrogens is 1. The Morgan fingerprint density at radius 2 is 1.84 bits per heavy atom. The first kappa shape index (κ1) is 13.8. The number of allylic oxidation sites excluding steroid dienone is 3. The Kier molecular flexibility index (Phi) is 3.48. The van der Waals surface area contributed by atoms with Crippen LogP contribution in [0.4, 0.5) is 8.63 Å². The third-order valence-electron chi connectivity index (χ3n) is 3.41. The predicted molar refractivity (Wildman–Crippen MR) is 76.7 cm³/mol. The number of hydrogen-bond acceptors (Lipinski definition) is 1. The third kappa shape index (κ3) is 2.29. The molecule has 0 saturated heterocycles. The molecule has 0 N–H and O–H groups in total. The van der Waals surface area contributed by atoms with Gasteiger partial charge in [-0.2, -0.15) is 0 Å². The summed E-state index contributed by atoms with van der Waals surface area (Å²) < 4.78 is 27.5. The molecule has 1 aliphatic rings. The van der Waals surface area contributed by atoms with Gasteiger partial charge in [-0.1, -0.05) is 0 Å². The third-order valence-corrected chi connectivity index (χ3v) is 3.41. The molecule has 1 aromatic heterocycles. The molecule has 0 fully saturated rings. The number of rotatable bonds is 2. The Morgan fingerprint density at radius 3 is 2.32 bits per heavy atom. The molecule has 0 atom stereocenters. The first-order valence-corrected chi connectivity index (χ1v) is 6.24. The standard InChI is InChI=1S/C14H17BF2N2/c1-8-6-10(3)18-13(8)12(5)14-9(2)7-11(4)19(14)15(16)17/h6-7H,1-5H3. The van der Waals surface area contributed by atoms with Crippen LogP contribution < -0.4 is 0 Å². The molecule has 0 spiro atoms. The molecule has 2 rings (SSSR count). The zero-order valence-electron chi connectivity index (χ0n) is 11.9. The quantitative estimate of drug-likeness (QED) is 0.716. The van der Waals surface area contributed by atoms with Gasteiger partial charge in [0.2, 0.25) is 0 Å². The van der Waals surface area contributed by atoms with Crippen LogP contribution in [0.3, 0.4) is 0 Å². The fourth-order valence-electron chi connectivity index (χ4n) is 2.72. The minimum Gasteiger partial charge on any atom is -0.329 e. The minimum atomic E-state index is -2.53. The number of aliphatic imine (C=N–C) groups is 1. The van der Waals surface area contributed by atoms with Gasteiger partial charge in [-0.15, -0.1) is 0 Å². The molecule has 2 nitrogen and oxygen atoms in total. The number of nitrogens with zero attached hydrogens (tertiary/aromatic N) is 2. The highest BCUT2D eigenvalue weighted by Gasteiger charge is 2.26. The molecule has 1 aromatic rings. The van der Waals surface area contributed by atoms with E-state index in [2.05, 4.69) is 4.99 Å². The van der Waals surface area contributed by atoms with E-state index in [1.807, 2.05) is 33.8 Å². The molecule has 5 heteroatoms. The second-order valence-corrected chi connectivity index (χ2v) is 5.02. The summed E-state index contributed by atoms with van der Waals surface area (Å²) in [5, 5.41) is 0. The van der Waals surface area contributed by atoms with Crippen LogP contribution in [0.5, 0.6) is 0 Å². The van der Waals surface area contributed by atoms with Gasteiger partial charge in [-0.3, -0.25) is 13.6 Å². The van der Waals surface area contributed by atoms with Crippen LogP contribution in [0.2, 0.25) is 0 Å². The molecule has 0 aliphatic carbocycles. The molecule has 1 aliphatic heterocycles. The van der Waals surface area contributed by atoms with Crippen molar-refractivity contribution in [2.45, 2.75) is 34.6 Å². The van der Waals surface area contributed by atoms with Crippen LogP contribution in [0.1, 0.15) is 37.7 Å². The van der Waals surface area contributed by atoms with Crippen LogP contribution in [0, 0.1) is 13.8 Å². The SMILES string of the molecule is CC1=CC(C)=NC1=C(C)c1c(C)cc(C)n1B(F)F. The van der Waals surface area contributed by atoms with E-state index < -0.39 is 7.40 Å². The molecule has 100 valence electrons. The van der Waals surface area contributed by atoms with E-state index in [0.717, 1.165) is 32.6 Å². The second-order valence-electron chi connectivity index (χ2n) is 5.02. The van der Waals surface area contributed by atoms with E-state index in [1.165, 1.54) is 0 Å². The van der Waals surface area contributed by atoms with Crippen molar-refractivity contribution in [2.24, 2.45) is 4.99 Å². The maximum Gasteiger partial charge on any atom is 0.677 e. The lowest BCUT2D eigenvalue weighted by atomic mass is 10.0. The van der Waals surface area contributed by atoms with Gasteiger partial charge >= 0.3 is 7.40 Å². The highest BCUT2D eigenvalue weighted by atomic mass is 19.2. The van der Waals surface area contributed by atoms with Gasteiger partial charge in [0.25, 0.3) is 0 Å². The Bertz CT molecular complexity index is 622. The van der Waals surface area contributed by atoms with Crippen molar-refractivity contribution >= 4 is 18.7 Å². The van der Waals surface area contributed by atoms with Crippen LogP contribution in [0.15, 0.2) is 28.4 Å². The Balaban J connectivity index is 2.67. The van der Waals surface area contributed by atoms with Crippen LogP contribution in [-0.2, 0) is 0 Å². The van der Waals surface area contributed by atoms with Crippen molar-refractivity contribution in [1.29, 1.82) is 0 Å². The summed E-state index contributed by atoms with van der Waals surface area (Å²) in [7, 11) is -2.53. The average molecular weight is 262 g/mol. The van der Waals surface area contributed by atoms with E-state index >= 15 is 0 Å². The summed E-state index contributed by atoms with van der Waals surface area (Å²) in [6.45, 7) is 9.28. The molecule has 0 aromatic carbocycles. The van der Waals surface area contributed by atoms with Crippen molar-refractivity contribution in [2.75, 3.05) is 0 Å². The molecule has 0 amide bonds. The van der Waals surface area contributed by atoms with Gasteiger partial charge in [0.05, 0.1) is 5.70 Å². The summed E-state index contributed by atoms with van der Waals surface area (Å²) in [6.07, 6.45) is 1.97. The topological polar surface area (TPSA) is 17.3 Å². The molecule has 2 heterocycles. The van der Waals surface area contributed by atoms with Crippen molar-refractivity contribution in [1.82, 2.24) is 4.48 Å². The molecule has 0 saturated carbocycles. The minimum absolute atomic E-state index is 0.572. The first-order chi connectivity index (χ1) is 8.82. The molecule has 0 unspecified atom stereocenters. The smallest absolute Gasteiger partial charge is 0.329 e. The lowest BCUT2D eigenvalue weighted by Crippen LogP contribution is -2.17. The summed E-state index contributed by atoms with van der Waals surface area (Å²) in [4.78, 5) is 4.44. The van der Waals surface area contributed by atoms with Gasteiger partial charge in [-0.05, 0) is 63.5 Å². The number of aryl methyl sites for hydroxylation is 2. The number of hydrogen-bond donors (Lipinski definition) is 0. The molecule has 0 radical (unpaired) electrons. The number of halogens is 2. The maximum absolute atomic E-state index is 13.2. The first-order valence-electron chi connectivity index (χ1n) is 6.24. The normalized spacial score (nSPS) is 17.4. The molecule has 0 bridgehead atoms. The Labute approximate surface area is 112 Å². The van der Waals surface area contributed by atoms with Gasteiger partial charge in [-0.25, -0.2) is 0 Å². The summed E-state index contributed by atoms with van der Waals surface area (Å²) in [6, 6.07) is 1.79. The average Bonchev–Trinajstić information content (AvgIpc) is 2.77. The van der Waals surface area contributed by atoms with Crippen LogP contribution in [0.25, 0.3) is 5.57 Å². The van der Waals surface area contributed by atoms with Gasteiger partial charge in [0.1, 0.15) is 0 Å². The molecular formula is C14H17BF2N2. The molecular weight excluding hydrogens is 245 g/mol. The van der Waals surface area contributed by atoms with E-state index in [-0.39, 0.29) is 0 Å². The summed E-state index contributed by atoms with van der Waals surface area (Å²) in [5.41, 5.74) is 5.55. The van der Waals surface area contributed by atoms with Gasteiger partial charge in [0.15, 0.2) is 0 Å². The van der Waals surface area contributed by atoms with E-state index in [9.17, 15) is 8.63 Å². The lowest BCUT2D eigenvalue weighted by Gasteiger charge is -2.12. The zero-order valence-corrected chi connectivity index (χ0v) is 11.9. The van der Waals surface area contributed by atoms with E-state index in [4.69, 9.17) is 0 Å². The summed E-state index contributed by atoms with van der Waals surface area (Å²) >= 11 is 0. The fraction of sp³-hybridized carbons (Fsp3) is 0.357. The van der Waals surface area contributed by atoms with E-state index in [0.29, 0.717) is 11.4 Å². The van der Waals surface area contributed by atoms with Crippen LogP contribution in [-0.4, -0.2) is 17.6 Å². The predicted octanol–water partition coefficient (Wildman–Crippen LogP) is 4.03. The lowest BCUT2D eigenvalue weighted by molar-refractivity contribution is 0.624. The highest BCUT2D eigenvalue weighted by Crippen LogP contribution is 2.31. The van der Waals surface area contributed by atoms with Crippen molar-refractivity contribution in [3.8, 4) is 0 Å². The van der Waals surface area contributed by atoms with Crippen molar-refractivity contribution in [3.63, 3.8) is 0 Å². The van der Waals surface area contributed by atoms with Crippen LogP contribution >= 0.6 is 0 Å². The van der Waals surface area contributed by atoms with Crippen molar-refractivity contribution in [3.05, 3.63) is 40.4 Å². The van der Waals surface area contributed by atoms with E-state index in [1.54, 1.807) is 13.0 Å². The monoisotopic (exact) mass is 262 g/mol. The van der Waals surface area contributed by atoms with Crippen molar-refractivity contribution < 1.29 is 8.63 Å². The van der Waals surface area contributed by atoms with Gasteiger partial charge in [0, 0.05) is 17.1 Å².